The summed E-state index contributed by atoms with van der Waals surface area (Å²) in [5.74, 6) is 0.585. The highest BCUT2D eigenvalue weighted by Gasteiger charge is 2.16. The van der Waals surface area contributed by atoms with Crippen molar-refractivity contribution in [1.82, 2.24) is 15.1 Å². The summed E-state index contributed by atoms with van der Waals surface area (Å²) in [6.07, 6.45) is 1.39. The largest absolute Gasteiger partial charge is 0.497 e. The van der Waals surface area contributed by atoms with E-state index in [0.29, 0.717) is 28.4 Å². The lowest BCUT2D eigenvalue weighted by molar-refractivity contribution is 0.0963. The molecule has 8 nitrogen and oxygen atoms in total. The molecular weight excluding hydrogens is 439 g/mol. The van der Waals surface area contributed by atoms with Gasteiger partial charge in [-0.25, -0.2) is 4.39 Å². The Morgan fingerprint density at radius 3 is 2.38 bits per heavy atom. The number of aromatic nitrogens is 2. The van der Waals surface area contributed by atoms with Crippen LogP contribution >= 0.6 is 0 Å². The number of methoxy groups -OCH3 is 1. The summed E-state index contributed by atoms with van der Waals surface area (Å²) in [6, 6.07) is 18.9. The van der Waals surface area contributed by atoms with Gasteiger partial charge in [0.05, 0.1) is 19.0 Å². The van der Waals surface area contributed by atoms with E-state index in [-0.39, 0.29) is 17.3 Å². The highest BCUT2D eigenvalue weighted by molar-refractivity contribution is 5.95. The van der Waals surface area contributed by atoms with E-state index in [9.17, 15) is 14.0 Å². The predicted molar refractivity (Wildman–Crippen MR) is 126 cm³/mol. The van der Waals surface area contributed by atoms with Crippen molar-refractivity contribution < 1.29 is 18.7 Å². The highest BCUT2D eigenvalue weighted by atomic mass is 19.1. The van der Waals surface area contributed by atoms with Gasteiger partial charge in [-0.2, -0.15) is 9.78 Å². The Morgan fingerprint density at radius 1 is 1.00 bits per heavy atom. The third kappa shape index (κ3) is 4.88. The van der Waals surface area contributed by atoms with Crippen LogP contribution in [0.5, 0.6) is 17.2 Å². The van der Waals surface area contributed by atoms with Crippen molar-refractivity contribution >= 4 is 17.3 Å². The van der Waals surface area contributed by atoms with Gasteiger partial charge in [-0.15, -0.1) is 0 Å². The molecule has 0 bridgehead atoms. The van der Waals surface area contributed by atoms with E-state index in [2.05, 4.69) is 15.7 Å². The number of carbonyl (C=O) groups excluding carboxylic acids is 1. The maximum Gasteiger partial charge on any atom is 0.299 e. The normalized spacial score (nSPS) is 10.4. The Labute approximate surface area is 194 Å². The molecule has 0 unspecified atom stereocenters. The quantitative estimate of drug-likeness (QED) is 0.428. The van der Waals surface area contributed by atoms with E-state index >= 15 is 0 Å². The number of amides is 1. The zero-order chi connectivity index (χ0) is 24.1. The third-order valence-electron chi connectivity index (χ3n) is 4.92. The second-order valence-corrected chi connectivity index (χ2v) is 7.14. The first-order chi connectivity index (χ1) is 16.5. The molecule has 0 atom stereocenters. The summed E-state index contributed by atoms with van der Waals surface area (Å²) in [6.45, 7) is 0. The van der Waals surface area contributed by atoms with Crippen LogP contribution in [-0.4, -0.2) is 29.8 Å². The number of benzene rings is 3. The molecule has 3 aromatic carbocycles. The van der Waals surface area contributed by atoms with Crippen LogP contribution < -0.4 is 25.7 Å². The van der Waals surface area contributed by atoms with Gasteiger partial charge in [0.1, 0.15) is 17.3 Å². The van der Waals surface area contributed by atoms with Gasteiger partial charge in [-0.3, -0.25) is 9.59 Å². The highest BCUT2D eigenvalue weighted by Crippen LogP contribution is 2.30. The zero-order valence-electron chi connectivity index (χ0n) is 18.4. The fourth-order valence-corrected chi connectivity index (χ4v) is 3.19. The lowest BCUT2D eigenvalue weighted by Gasteiger charge is -2.15. The number of anilines is 2. The van der Waals surface area contributed by atoms with Crippen LogP contribution in [0.4, 0.5) is 15.8 Å². The number of rotatable bonds is 7. The average Bonchev–Trinajstić information content (AvgIpc) is 2.87. The van der Waals surface area contributed by atoms with Crippen molar-refractivity contribution in [1.29, 1.82) is 0 Å². The molecule has 1 heterocycles. The topological polar surface area (TPSA) is 94.5 Å². The number of carbonyl (C=O) groups is 1. The van der Waals surface area contributed by atoms with Crippen LogP contribution in [0.1, 0.15) is 10.4 Å². The van der Waals surface area contributed by atoms with Crippen molar-refractivity contribution in [3.05, 3.63) is 101 Å². The summed E-state index contributed by atoms with van der Waals surface area (Å²) < 4.78 is 25.6. The number of hydrogen-bond donors (Lipinski definition) is 2. The SMILES string of the molecule is CNC(=O)c1cccc(Nc2c(Oc3ccc(OC)cc3)cnn(-c3ccc(F)cc3)c2=O)c1. The molecular formula is C25H21FN4O4. The van der Waals surface area contributed by atoms with E-state index in [1.54, 1.807) is 55.6 Å². The molecule has 1 amide bonds. The molecule has 2 N–H and O–H groups in total. The van der Waals surface area contributed by atoms with Gasteiger partial charge < -0.3 is 20.1 Å². The molecule has 0 aliphatic heterocycles. The molecule has 0 aliphatic carbocycles. The first-order valence-electron chi connectivity index (χ1n) is 10.3. The number of nitrogens with zero attached hydrogens (tertiary/aromatic N) is 2. The summed E-state index contributed by atoms with van der Waals surface area (Å²) in [5.41, 5.74) is 0.851. The van der Waals surface area contributed by atoms with Gasteiger partial charge in [0.2, 0.25) is 0 Å². The van der Waals surface area contributed by atoms with Crippen molar-refractivity contribution in [2.45, 2.75) is 0 Å². The van der Waals surface area contributed by atoms with Crippen LogP contribution in [0.3, 0.4) is 0 Å². The smallest absolute Gasteiger partial charge is 0.299 e. The second-order valence-electron chi connectivity index (χ2n) is 7.14. The molecule has 172 valence electrons. The van der Waals surface area contributed by atoms with E-state index in [0.717, 1.165) is 4.68 Å². The third-order valence-corrected chi connectivity index (χ3v) is 4.92. The maximum atomic E-state index is 13.4. The molecule has 0 fully saturated rings. The van der Waals surface area contributed by atoms with Crippen LogP contribution in [-0.2, 0) is 0 Å². The Hall–Kier alpha value is -4.66. The van der Waals surface area contributed by atoms with Crippen molar-refractivity contribution in [3.8, 4) is 22.9 Å². The van der Waals surface area contributed by atoms with Gasteiger partial charge in [0, 0.05) is 18.3 Å². The summed E-state index contributed by atoms with van der Waals surface area (Å²) in [7, 11) is 3.09. The summed E-state index contributed by atoms with van der Waals surface area (Å²) in [4.78, 5) is 25.4. The van der Waals surface area contributed by atoms with Gasteiger partial charge in [-0.1, -0.05) is 6.07 Å². The van der Waals surface area contributed by atoms with Crippen LogP contribution in [0.2, 0.25) is 0 Å². The summed E-state index contributed by atoms with van der Waals surface area (Å²) in [5, 5.41) is 9.81. The molecule has 0 spiro atoms. The summed E-state index contributed by atoms with van der Waals surface area (Å²) >= 11 is 0. The number of hydrogen-bond acceptors (Lipinski definition) is 6. The Balaban J connectivity index is 1.77. The molecule has 0 radical (unpaired) electrons. The minimum absolute atomic E-state index is 0.0872. The van der Waals surface area contributed by atoms with E-state index in [1.807, 2.05) is 0 Å². The maximum absolute atomic E-state index is 13.4. The Morgan fingerprint density at radius 2 is 1.71 bits per heavy atom. The number of ether oxygens (including phenoxy) is 2. The van der Waals surface area contributed by atoms with Crippen LogP contribution in [0.25, 0.3) is 5.69 Å². The standard InChI is InChI=1S/C25H21FN4O4/c1-27-24(31)16-4-3-5-18(14-16)29-23-22(34-21-12-10-20(33-2)11-13-21)15-28-30(25(23)32)19-8-6-17(26)7-9-19/h3-15,29H,1-2H3,(H,27,31). The monoisotopic (exact) mass is 460 g/mol. The molecule has 0 saturated carbocycles. The number of halogens is 1. The average molecular weight is 460 g/mol. The molecule has 9 heteroatoms. The van der Waals surface area contributed by atoms with E-state index in [1.165, 1.54) is 37.5 Å². The fourth-order valence-electron chi connectivity index (χ4n) is 3.19. The minimum Gasteiger partial charge on any atom is -0.497 e. The number of nitrogens with one attached hydrogen (secondary N) is 2. The first-order valence-corrected chi connectivity index (χ1v) is 10.3. The second kappa shape index (κ2) is 9.86. The Kier molecular flexibility index (Phi) is 6.54. The predicted octanol–water partition coefficient (Wildman–Crippen LogP) is 4.28. The Bertz CT molecular complexity index is 1370. The lowest BCUT2D eigenvalue weighted by atomic mass is 10.2. The molecule has 0 aliphatic rings. The van der Waals surface area contributed by atoms with Crippen LogP contribution in [0, 0.1) is 5.82 Å². The molecule has 4 rings (SSSR count). The van der Waals surface area contributed by atoms with Crippen molar-refractivity contribution in [2.75, 3.05) is 19.5 Å². The van der Waals surface area contributed by atoms with Crippen LogP contribution in [0.15, 0.2) is 83.8 Å². The van der Waals surface area contributed by atoms with Gasteiger partial charge in [0.15, 0.2) is 11.4 Å². The zero-order valence-corrected chi connectivity index (χ0v) is 18.4. The van der Waals surface area contributed by atoms with Crippen molar-refractivity contribution in [3.63, 3.8) is 0 Å². The first kappa shape index (κ1) is 22.5. The lowest BCUT2D eigenvalue weighted by Crippen LogP contribution is -2.24. The fraction of sp³-hybridized carbons (Fsp3) is 0.0800. The van der Waals surface area contributed by atoms with Gasteiger partial charge >= 0.3 is 0 Å². The molecule has 0 saturated heterocycles. The van der Waals surface area contributed by atoms with Crippen molar-refractivity contribution in [2.24, 2.45) is 0 Å². The van der Waals surface area contributed by atoms with Gasteiger partial charge in [0.25, 0.3) is 11.5 Å². The van der Waals surface area contributed by atoms with Gasteiger partial charge in [-0.05, 0) is 66.7 Å². The minimum atomic E-state index is -0.525. The van der Waals surface area contributed by atoms with E-state index in [4.69, 9.17) is 9.47 Å². The molecule has 4 aromatic rings. The molecule has 1 aromatic heterocycles. The van der Waals surface area contributed by atoms with E-state index < -0.39 is 11.4 Å². The molecule has 34 heavy (non-hydrogen) atoms.